The molecule has 0 aliphatic rings. The number of amides is 1. The van der Waals surface area contributed by atoms with E-state index in [0.717, 1.165) is 16.7 Å². The van der Waals surface area contributed by atoms with Crippen molar-refractivity contribution in [1.82, 2.24) is 16.2 Å². The van der Waals surface area contributed by atoms with Crippen LogP contribution in [-0.2, 0) is 11.3 Å². The molecule has 0 bridgehead atoms. The van der Waals surface area contributed by atoms with E-state index in [9.17, 15) is 9.18 Å². The molecule has 3 N–H and O–H groups in total. The Labute approximate surface area is 157 Å². The van der Waals surface area contributed by atoms with E-state index in [2.05, 4.69) is 16.2 Å². The minimum Gasteiger partial charge on any atom is -0.481 e. The minimum absolute atomic E-state index is 0.251. The molecular formula is C19H22FN3O2S. The van der Waals surface area contributed by atoms with E-state index in [0.29, 0.717) is 12.3 Å². The van der Waals surface area contributed by atoms with Crippen LogP contribution in [0.2, 0.25) is 0 Å². The van der Waals surface area contributed by atoms with Gasteiger partial charge in [-0.15, -0.1) is 0 Å². The van der Waals surface area contributed by atoms with E-state index in [1.54, 1.807) is 19.1 Å². The van der Waals surface area contributed by atoms with Crippen molar-refractivity contribution in [3.8, 4) is 5.75 Å². The molecule has 0 aromatic heterocycles. The standard InChI is InChI=1S/C19H22FN3O2S/c1-12-5-4-6-17(13(12)2)25-14(3)18(24)22-23-19(26)21-11-15-7-9-16(20)10-8-15/h4-10,14H,11H2,1-3H3,(H,22,24)(H2,21,23,26)/t14-/m1/s1. The number of halogens is 1. The lowest BCUT2D eigenvalue weighted by molar-refractivity contribution is -0.127. The van der Waals surface area contributed by atoms with Crippen LogP contribution < -0.4 is 20.9 Å². The zero-order chi connectivity index (χ0) is 19.1. The van der Waals surface area contributed by atoms with Gasteiger partial charge in [0.2, 0.25) is 0 Å². The van der Waals surface area contributed by atoms with Crippen LogP contribution >= 0.6 is 12.2 Å². The average Bonchev–Trinajstić information content (AvgIpc) is 2.63. The second kappa shape index (κ2) is 9.15. The van der Waals surface area contributed by atoms with Crippen molar-refractivity contribution < 1.29 is 13.9 Å². The van der Waals surface area contributed by atoms with E-state index in [-0.39, 0.29) is 16.8 Å². The van der Waals surface area contributed by atoms with Gasteiger partial charge >= 0.3 is 0 Å². The molecule has 1 amide bonds. The van der Waals surface area contributed by atoms with Crippen molar-refractivity contribution in [3.05, 3.63) is 65.0 Å². The van der Waals surface area contributed by atoms with Crippen molar-refractivity contribution >= 4 is 23.2 Å². The number of benzene rings is 2. The van der Waals surface area contributed by atoms with Gasteiger partial charge in [0.1, 0.15) is 11.6 Å². The van der Waals surface area contributed by atoms with Gasteiger partial charge in [-0.25, -0.2) is 4.39 Å². The maximum Gasteiger partial charge on any atom is 0.279 e. The molecule has 138 valence electrons. The Morgan fingerprint density at radius 1 is 1.15 bits per heavy atom. The average molecular weight is 375 g/mol. The molecular weight excluding hydrogens is 353 g/mol. The maximum atomic E-state index is 12.9. The highest BCUT2D eigenvalue weighted by Crippen LogP contribution is 2.21. The summed E-state index contributed by atoms with van der Waals surface area (Å²) < 4.78 is 18.6. The van der Waals surface area contributed by atoms with Gasteiger partial charge < -0.3 is 10.1 Å². The van der Waals surface area contributed by atoms with Crippen molar-refractivity contribution in [3.63, 3.8) is 0 Å². The number of nitrogens with one attached hydrogen (secondary N) is 3. The predicted molar refractivity (Wildman–Crippen MR) is 103 cm³/mol. The van der Waals surface area contributed by atoms with Gasteiger partial charge in [0.25, 0.3) is 5.91 Å². The highest BCUT2D eigenvalue weighted by Gasteiger charge is 2.16. The fourth-order valence-corrected chi connectivity index (χ4v) is 2.27. The Bertz CT molecular complexity index is 781. The van der Waals surface area contributed by atoms with Crippen LogP contribution in [0.1, 0.15) is 23.6 Å². The number of carbonyl (C=O) groups excluding carboxylic acids is 1. The van der Waals surface area contributed by atoms with Crippen molar-refractivity contribution in [1.29, 1.82) is 0 Å². The van der Waals surface area contributed by atoms with Crippen LogP contribution in [0.15, 0.2) is 42.5 Å². The molecule has 7 heteroatoms. The summed E-state index contributed by atoms with van der Waals surface area (Å²) in [6, 6.07) is 11.8. The summed E-state index contributed by atoms with van der Waals surface area (Å²) in [7, 11) is 0. The van der Waals surface area contributed by atoms with Crippen molar-refractivity contribution in [2.24, 2.45) is 0 Å². The van der Waals surface area contributed by atoms with Crippen LogP contribution in [-0.4, -0.2) is 17.1 Å². The monoisotopic (exact) mass is 375 g/mol. The highest BCUT2D eigenvalue weighted by atomic mass is 32.1. The van der Waals surface area contributed by atoms with Crippen LogP contribution in [0.4, 0.5) is 4.39 Å². The van der Waals surface area contributed by atoms with E-state index < -0.39 is 6.10 Å². The third-order valence-corrected chi connectivity index (χ3v) is 4.14. The van der Waals surface area contributed by atoms with E-state index in [1.807, 2.05) is 32.0 Å². The molecule has 0 fully saturated rings. The van der Waals surface area contributed by atoms with E-state index >= 15 is 0 Å². The summed E-state index contributed by atoms with van der Waals surface area (Å²) in [5, 5.41) is 3.17. The number of rotatable bonds is 5. The zero-order valence-electron chi connectivity index (χ0n) is 14.9. The summed E-state index contributed by atoms with van der Waals surface area (Å²) in [5.41, 5.74) is 8.09. The predicted octanol–water partition coefficient (Wildman–Crippen LogP) is 2.91. The lowest BCUT2D eigenvalue weighted by atomic mass is 10.1. The molecule has 0 aliphatic carbocycles. The Kier molecular flexibility index (Phi) is 6.91. The van der Waals surface area contributed by atoms with Gasteiger partial charge in [0.15, 0.2) is 11.2 Å². The first-order valence-electron chi connectivity index (χ1n) is 8.18. The number of thiocarbonyl (C=S) groups is 1. The van der Waals surface area contributed by atoms with Gasteiger partial charge in [0, 0.05) is 6.54 Å². The molecule has 0 saturated heterocycles. The number of hydrogen-bond donors (Lipinski definition) is 3. The Balaban J connectivity index is 1.77. The van der Waals surface area contributed by atoms with Gasteiger partial charge in [-0.05, 0) is 67.9 Å². The SMILES string of the molecule is Cc1cccc(O[C@H](C)C(=O)NNC(=S)NCc2ccc(F)cc2)c1C. The topological polar surface area (TPSA) is 62.4 Å². The molecule has 2 rings (SSSR count). The van der Waals surface area contributed by atoms with Crippen LogP contribution in [0.25, 0.3) is 0 Å². The molecule has 0 unspecified atom stereocenters. The van der Waals surface area contributed by atoms with E-state index in [1.165, 1.54) is 12.1 Å². The largest absolute Gasteiger partial charge is 0.481 e. The lowest BCUT2D eigenvalue weighted by Gasteiger charge is -2.18. The molecule has 2 aromatic carbocycles. The first kappa shape index (κ1) is 19.7. The Morgan fingerprint density at radius 3 is 2.54 bits per heavy atom. The molecule has 0 radical (unpaired) electrons. The maximum absolute atomic E-state index is 12.9. The fourth-order valence-electron chi connectivity index (χ4n) is 2.14. The lowest BCUT2D eigenvalue weighted by Crippen LogP contribution is -2.50. The molecule has 26 heavy (non-hydrogen) atoms. The summed E-state index contributed by atoms with van der Waals surface area (Å²) in [4.78, 5) is 12.1. The number of hydrogen-bond acceptors (Lipinski definition) is 3. The fraction of sp³-hybridized carbons (Fsp3) is 0.263. The van der Waals surface area contributed by atoms with Crippen LogP contribution in [0.5, 0.6) is 5.75 Å². The second-order valence-electron chi connectivity index (χ2n) is 5.88. The van der Waals surface area contributed by atoms with Crippen molar-refractivity contribution in [2.45, 2.75) is 33.4 Å². The zero-order valence-corrected chi connectivity index (χ0v) is 15.7. The smallest absolute Gasteiger partial charge is 0.279 e. The molecule has 1 atom stereocenters. The first-order chi connectivity index (χ1) is 12.4. The molecule has 0 aliphatic heterocycles. The molecule has 2 aromatic rings. The highest BCUT2D eigenvalue weighted by molar-refractivity contribution is 7.80. The Morgan fingerprint density at radius 2 is 1.85 bits per heavy atom. The number of aryl methyl sites for hydroxylation is 1. The third kappa shape index (κ3) is 5.70. The van der Waals surface area contributed by atoms with Crippen LogP contribution in [0, 0.1) is 19.7 Å². The van der Waals surface area contributed by atoms with Crippen LogP contribution in [0.3, 0.4) is 0 Å². The van der Waals surface area contributed by atoms with Crippen molar-refractivity contribution in [2.75, 3.05) is 0 Å². The second-order valence-corrected chi connectivity index (χ2v) is 6.29. The first-order valence-corrected chi connectivity index (χ1v) is 8.58. The quantitative estimate of drug-likeness (QED) is 0.554. The third-order valence-electron chi connectivity index (χ3n) is 3.89. The number of ether oxygens (including phenoxy) is 1. The van der Waals surface area contributed by atoms with Gasteiger partial charge in [-0.3, -0.25) is 15.6 Å². The van der Waals surface area contributed by atoms with Gasteiger partial charge in [-0.2, -0.15) is 0 Å². The molecule has 0 spiro atoms. The summed E-state index contributed by atoms with van der Waals surface area (Å²) in [6.45, 7) is 6.01. The van der Waals surface area contributed by atoms with Gasteiger partial charge in [-0.1, -0.05) is 24.3 Å². The normalized spacial score (nSPS) is 11.4. The minimum atomic E-state index is -0.692. The summed E-state index contributed by atoms with van der Waals surface area (Å²) >= 11 is 5.10. The molecule has 5 nitrogen and oxygen atoms in total. The Hall–Kier alpha value is -2.67. The molecule has 0 heterocycles. The number of hydrazine groups is 1. The number of carbonyl (C=O) groups is 1. The molecule has 0 saturated carbocycles. The summed E-state index contributed by atoms with van der Waals surface area (Å²) in [6.07, 6.45) is -0.692. The van der Waals surface area contributed by atoms with Gasteiger partial charge in [0.05, 0.1) is 0 Å². The summed E-state index contributed by atoms with van der Waals surface area (Å²) in [5.74, 6) is 0.0287. The van der Waals surface area contributed by atoms with E-state index in [4.69, 9.17) is 17.0 Å².